The highest BCUT2D eigenvalue weighted by atomic mass is 16.5. The number of hydrogen-bond acceptors (Lipinski definition) is 5. The second-order valence-electron chi connectivity index (χ2n) is 7.07. The number of H-pyrrole nitrogens is 2. The lowest BCUT2D eigenvalue weighted by Gasteiger charge is -2.11. The van der Waals surface area contributed by atoms with Crippen molar-refractivity contribution in [1.82, 2.24) is 14.5 Å². The largest absolute Gasteiger partial charge is 0.497 e. The van der Waals surface area contributed by atoms with Crippen LogP contribution >= 0.6 is 0 Å². The molecule has 0 aliphatic rings. The van der Waals surface area contributed by atoms with Crippen molar-refractivity contribution in [3.63, 3.8) is 0 Å². The SMILES string of the molecule is COc1ccc2[nH]cc(CCN=C(C)c3c(O)n(-c4ccccc4)c(=O)[nH]c3=O)c2c1. The van der Waals surface area contributed by atoms with Crippen molar-refractivity contribution >= 4 is 16.6 Å². The predicted molar refractivity (Wildman–Crippen MR) is 120 cm³/mol. The summed E-state index contributed by atoms with van der Waals surface area (Å²) in [6.45, 7) is 2.04. The molecule has 2 aromatic heterocycles. The molecule has 0 fully saturated rings. The molecule has 158 valence electrons. The van der Waals surface area contributed by atoms with E-state index in [9.17, 15) is 14.7 Å². The number of fused-ring (bicyclic) bond motifs is 1. The van der Waals surface area contributed by atoms with Crippen LogP contribution in [0.3, 0.4) is 0 Å². The van der Waals surface area contributed by atoms with Gasteiger partial charge in [-0.2, -0.15) is 0 Å². The van der Waals surface area contributed by atoms with E-state index in [1.807, 2.05) is 24.4 Å². The molecule has 0 unspecified atom stereocenters. The van der Waals surface area contributed by atoms with Crippen molar-refractivity contribution in [3.05, 3.63) is 86.7 Å². The molecule has 0 aliphatic heterocycles. The zero-order valence-electron chi connectivity index (χ0n) is 17.2. The first-order valence-electron chi connectivity index (χ1n) is 9.78. The number of benzene rings is 2. The number of methoxy groups -OCH3 is 1. The fourth-order valence-corrected chi connectivity index (χ4v) is 3.58. The van der Waals surface area contributed by atoms with E-state index < -0.39 is 17.1 Å². The lowest BCUT2D eigenvalue weighted by Crippen LogP contribution is -2.32. The number of nitrogens with zero attached hydrogens (tertiary/aromatic N) is 2. The normalized spacial score (nSPS) is 11.7. The van der Waals surface area contributed by atoms with Crippen molar-refractivity contribution in [3.8, 4) is 17.3 Å². The van der Waals surface area contributed by atoms with E-state index in [0.29, 0.717) is 24.4 Å². The topological polar surface area (TPSA) is 112 Å². The maximum atomic E-state index is 12.4. The van der Waals surface area contributed by atoms with Crippen LogP contribution in [-0.4, -0.2) is 39.0 Å². The van der Waals surface area contributed by atoms with Gasteiger partial charge in [0.25, 0.3) is 5.56 Å². The molecular formula is C23H22N4O4. The van der Waals surface area contributed by atoms with Crippen LogP contribution in [0.2, 0.25) is 0 Å². The van der Waals surface area contributed by atoms with Crippen LogP contribution in [0.1, 0.15) is 18.1 Å². The van der Waals surface area contributed by atoms with Gasteiger partial charge in [-0.3, -0.25) is 14.8 Å². The molecule has 0 spiro atoms. The number of hydrogen-bond donors (Lipinski definition) is 3. The fourth-order valence-electron chi connectivity index (χ4n) is 3.58. The van der Waals surface area contributed by atoms with Gasteiger partial charge in [0.2, 0.25) is 5.88 Å². The van der Waals surface area contributed by atoms with Crippen molar-refractivity contribution in [2.45, 2.75) is 13.3 Å². The predicted octanol–water partition coefficient (Wildman–Crippen LogP) is 2.77. The van der Waals surface area contributed by atoms with Crippen LogP contribution in [0.5, 0.6) is 11.6 Å². The van der Waals surface area contributed by atoms with Gasteiger partial charge in [0.15, 0.2) is 0 Å². The lowest BCUT2D eigenvalue weighted by atomic mass is 10.1. The smallest absolute Gasteiger partial charge is 0.335 e. The van der Waals surface area contributed by atoms with Gasteiger partial charge >= 0.3 is 5.69 Å². The number of aromatic amines is 2. The van der Waals surface area contributed by atoms with Gasteiger partial charge in [-0.25, -0.2) is 9.36 Å². The Morgan fingerprint density at radius 3 is 2.68 bits per heavy atom. The highest BCUT2D eigenvalue weighted by molar-refractivity contribution is 6.00. The van der Waals surface area contributed by atoms with Crippen LogP contribution in [0, 0.1) is 0 Å². The van der Waals surface area contributed by atoms with Crippen molar-refractivity contribution < 1.29 is 9.84 Å². The summed E-state index contributed by atoms with van der Waals surface area (Å²) in [5.41, 5.74) is 1.46. The van der Waals surface area contributed by atoms with Gasteiger partial charge in [-0.1, -0.05) is 18.2 Å². The molecule has 0 saturated heterocycles. The van der Waals surface area contributed by atoms with Gasteiger partial charge in [0.05, 0.1) is 12.8 Å². The number of aliphatic imine (C=N–C) groups is 1. The summed E-state index contributed by atoms with van der Waals surface area (Å²) in [6, 6.07) is 14.4. The first kappa shape index (κ1) is 20.2. The Balaban J connectivity index is 1.64. The third kappa shape index (κ3) is 3.87. The number of aromatic hydroxyl groups is 1. The second kappa shape index (κ2) is 8.35. The Kier molecular flexibility index (Phi) is 5.44. The molecule has 4 aromatic rings. The summed E-state index contributed by atoms with van der Waals surface area (Å²) in [6.07, 6.45) is 2.55. The molecule has 2 heterocycles. The Labute approximate surface area is 177 Å². The molecule has 0 radical (unpaired) electrons. The maximum absolute atomic E-state index is 12.4. The minimum atomic E-state index is -0.710. The molecular weight excluding hydrogens is 396 g/mol. The minimum Gasteiger partial charge on any atom is -0.497 e. The zero-order chi connectivity index (χ0) is 22.0. The summed E-state index contributed by atoms with van der Waals surface area (Å²) in [7, 11) is 1.63. The first-order valence-corrected chi connectivity index (χ1v) is 9.78. The molecule has 3 N–H and O–H groups in total. The molecule has 0 bridgehead atoms. The Morgan fingerprint density at radius 1 is 1.16 bits per heavy atom. The number of para-hydroxylation sites is 1. The Bertz CT molecular complexity index is 1380. The third-order valence-corrected chi connectivity index (χ3v) is 5.17. The first-order chi connectivity index (χ1) is 15.0. The van der Waals surface area contributed by atoms with Crippen LogP contribution in [0.25, 0.3) is 16.6 Å². The van der Waals surface area contributed by atoms with Crippen LogP contribution < -0.4 is 16.0 Å². The Hall–Kier alpha value is -4.07. The van der Waals surface area contributed by atoms with Crippen molar-refractivity contribution in [2.24, 2.45) is 4.99 Å². The molecule has 4 rings (SSSR count). The van der Waals surface area contributed by atoms with E-state index in [1.54, 1.807) is 44.4 Å². The molecule has 0 saturated carbocycles. The monoisotopic (exact) mass is 418 g/mol. The molecule has 0 aliphatic carbocycles. The summed E-state index contributed by atoms with van der Waals surface area (Å²) in [4.78, 5) is 34.6. The van der Waals surface area contributed by atoms with Gasteiger partial charge in [0.1, 0.15) is 11.3 Å². The van der Waals surface area contributed by atoms with E-state index in [-0.39, 0.29) is 5.56 Å². The molecule has 0 amide bonds. The van der Waals surface area contributed by atoms with E-state index in [4.69, 9.17) is 4.74 Å². The second-order valence-corrected chi connectivity index (χ2v) is 7.07. The number of nitrogens with one attached hydrogen (secondary N) is 2. The number of rotatable bonds is 6. The quantitative estimate of drug-likeness (QED) is 0.418. The van der Waals surface area contributed by atoms with E-state index in [0.717, 1.165) is 26.8 Å². The van der Waals surface area contributed by atoms with E-state index in [2.05, 4.69) is 15.0 Å². The van der Waals surface area contributed by atoms with E-state index in [1.165, 1.54) is 0 Å². The molecule has 8 heteroatoms. The van der Waals surface area contributed by atoms with Gasteiger partial charge in [-0.15, -0.1) is 0 Å². The molecule has 31 heavy (non-hydrogen) atoms. The lowest BCUT2D eigenvalue weighted by molar-refractivity contribution is 0.415. The van der Waals surface area contributed by atoms with Crippen LogP contribution in [0.15, 0.2) is 69.3 Å². The maximum Gasteiger partial charge on any atom is 0.335 e. The highest BCUT2D eigenvalue weighted by Crippen LogP contribution is 2.24. The molecule has 2 aromatic carbocycles. The van der Waals surface area contributed by atoms with Gasteiger partial charge < -0.3 is 14.8 Å². The van der Waals surface area contributed by atoms with Gasteiger partial charge in [0, 0.05) is 29.4 Å². The fraction of sp³-hybridized carbons (Fsp3) is 0.174. The molecule has 8 nitrogen and oxygen atoms in total. The van der Waals surface area contributed by atoms with Crippen LogP contribution in [0.4, 0.5) is 0 Å². The van der Waals surface area contributed by atoms with Crippen molar-refractivity contribution in [2.75, 3.05) is 13.7 Å². The van der Waals surface area contributed by atoms with Crippen LogP contribution in [-0.2, 0) is 6.42 Å². The third-order valence-electron chi connectivity index (χ3n) is 5.17. The van der Waals surface area contributed by atoms with Crippen molar-refractivity contribution in [1.29, 1.82) is 0 Å². The number of aromatic nitrogens is 3. The molecule has 0 atom stereocenters. The summed E-state index contributed by atoms with van der Waals surface area (Å²) < 4.78 is 6.35. The Morgan fingerprint density at radius 2 is 1.94 bits per heavy atom. The van der Waals surface area contributed by atoms with Gasteiger partial charge in [-0.05, 0) is 49.2 Å². The standard InChI is InChI=1S/C23H22N4O4/c1-14(24-11-10-15-13-25-19-9-8-17(31-2)12-18(15)19)20-21(28)26-23(30)27(22(20)29)16-6-4-3-5-7-16/h3-9,12-13,25,29H,10-11H2,1-2H3,(H,26,28,30). The minimum absolute atomic E-state index is 0.0240. The summed E-state index contributed by atoms with van der Waals surface area (Å²) in [5, 5.41) is 11.7. The summed E-state index contributed by atoms with van der Waals surface area (Å²) in [5.74, 6) is 0.339. The highest BCUT2D eigenvalue weighted by Gasteiger charge is 2.17. The summed E-state index contributed by atoms with van der Waals surface area (Å²) >= 11 is 0. The van der Waals surface area contributed by atoms with E-state index >= 15 is 0 Å². The average Bonchev–Trinajstić information content (AvgIpc) is 3.16. The number of ether oxygens (including phenoxy) is 1. The average molecular weight is 418 g/mol. The zero-order valence-corrected chi connectivity index (χ0v) is 17.2.